The predicted octanol–water partition coefficient (Wildman–Crippen LogP) is 2.78. The second-order valence-electron chi connectivity index (χ2n) is 5.46. The SMILES string of the molecule is O=C(O)c1ccc(NC(=O)C2(O)CC(F)c3cc(Br)cnc32)cc1. The lowest BCUT2D eigenvalue weighted by molar-refractivity contribution is -0.136. The molecule has 2 aromatic rings. The number of pyridine rings is 1. The molecule has 24 heavy (non-hydrogen) atoms. The van der Waals surface area contributed by atoms with E-state index in [1.165, 1.54) is 36.5 Å². The standard InChI is InChI=1S/C16H12BrFN2O4/c17-9-5-11-12(18)6-16(24,13(11)19-7-9)15(23)20-10-3-1-8(2-4-10)14(21)22/h1-5,7,12,24H,6H2,(H,20,23)(H,21,22). The summed E-state index contributed by atoms with van der Waals surface area (Å²) in [5.41, 5.74) is -1.57. The Morgan fingerprint density at radius 2 is 2.00 bits per heavy atom. The van der Waals surface area contributed by atoms with Gasteiger partial charge >= 0.3 is 5.97 Å². The largest absolute Gasteiger partial charge is 0.478 e. The molecule has 0 saturated carbocycles. The Morgan fingerprint density at radius 1 is 1.33 bits per heavy atom. The molecule has 1 aliphatic rings. The van der Waals surface area contributed by atoms with E-state index in [4.69, 9.17) is 5.11 Å². The number of anilines is 1. The van der Waals surface area contributed by atoms with Crippen molar-refractivity contribution in [2.75, 3.05) is 5.32 Å². The minimum Gasteiger partial charge on any atom is -0.478 e. The number of nitrogens with zero attached hydrogens (tertiary/aromatic N) is 1. The Balaban J connectivity index is 1.86. The third kappa shape index (κ3) is 2.78. The van der Waals surface area contributed by atoms with Crippen molar-refractivity contribution in [1.29, 1.82) is 0 Å². The van der Waals surface area contributed by atoms with E-state index in [1.807, 2.05) is 0 Å². The van der Waals surface area contributed by atoms with E-state index in [0.717, 1.165) is 0 Å². The number of carboxylic acids is 1. The number of alkyl halides is 1. The van der Waals surface area contributed by atoms with E-state index >= 15 is 0 Å². The maximum absolute atomic E-state index is 14.2. The van der Waals surface area contributed by atoms with Gasteiger partial charge in [-0.1, -0.05) is 0 Å². The molecule has 1 amide bonds. The van der Waals surface area contributed by atoms with Crippen molar-refractivity contribution in [3.05, 3.63) is 57.8 Å². The van der Waals surface area contributed by atoms with Gasteiger partial charge in [0.05, 0.1) is 11.3 Å². The number of benzene rings is 1. The Kier molecular flexibility index (Phi) is 4.10. The van der Waals surface area contributed by atoms with Crippen LogP contribution < -0.4 is 5.32 Å². The third-order valence-corrected chi connectivity index (χ3v) is 4.29. The van der Waals surface area contributed by atoms with Crippen LogP contribution in [0.2, 0.25) is 0 Å². The van der Waals surface area contributed by atoms with Gasteiger partial charge in [0, 0.05) is 28.3 Å². The van der Waals surface area contributed by atoms with Crippen LogP contribution in [-0.4, -0.2) is 27.1 Å². The van der Waals surface area contributed by atoms with E-state index in [1.54, 1.807) is 0 Å². The number of nitrogens with one attached hydrogen (secondary N) is 1. The normalized spacial score (nSPS) is 22.0. The molecule has 1 heterocycles. The quantitative estimate of drug-likeness (QED) is 0.743. The van der Waals surface area contributed by atoms with Crippen LogP contribution in [0.25, 0.3) is 0 Å². The first-order valence-electron chi connectivity index (χ1n) is 6.98. The fourth-order valence-electron chi connectivity index (χ4n) is 2.64. The zero-order chi connectivity index (χ0) is 17.5. The van der Waals surface area contributed by atoms with Crippen LogP contribution in [0.3, 0.4) is 0 Å². The molecule has 1 aliphatic carbocycles. The lowest BCUT2D eigenvalue weighted by atomic mass is 9.99. The first-order valence-corrected chi connectivity index (χ1v) is 7.78. The van der Waals surface area contributed by atoms with Crippen LogP contribution in [0.5, 0.6) is 0 Å². The molecule has 1 aromatic heterocycles. The van der Waals surface area contributed by atoms with E-state index in [-0.39, 0.29) is 16.8 Å². The third-order valence-electron chi connectivity index (χ3n) is 3.85. The molecule has 0 radical (unpaired) electrons. The summed E-state index contributed by atoms with van der Waals surface area (Å²) >= 11 is 3.18. The van der Waals surface area contributed by atoms with Crippen molar-refractivity contribution in [1.82, 2.24) is 4.98 Å². The molecule has 0 bridgehead atoms. The van der Waals surface area contributed by atoms with Gasteiger partial charge in [-0.15, -0.1) is 0 Å². The van der Waals surface area contributed by atoms with Crippen LogP contribution in [0.15, 0.2) is 41.0 Å². The van der Waals surface area contributed by atoms with Crippen LogP contribution >= 0.6 is 15.9 Å². The van der Waals surface area contributed by atoms with E-state index in [9.17, 15) is 19.1 Å². The Hall–Kier alpha value is -2.32. The summed E-state index contributed by atoms with van der Waals surface area (Å²) in [6.07, 6.45) is -0.545. The van der Waals surface area contributed by atoms with Gasteiger partial charge in [-0.25, -0.2) is 9.18 Å². The number of amides is 1. The summed E-state index contributed by atoms with van der Waals surface area (Å²) in [6.45, 7) is 0. The molecule has 2 unspecified atom stereocenters. The van der Waals surface area contributed by atoms with Crippen molar-refractivity contribution in [3.8, 4) is 0 Å². The fraction of sp³-hybridized carbons (Fsp3) is 0.188. The zero-order valence-electron chi connectivity index (χ0n) is 12.2. The molecule has 2 atom stereocenters. The Morgan fingerprint density at radius 3 is 2.62 bits per heavy atom. The maximum atomic E-state index is 14.2. The molecular weight excluding hydrogens is 383 g/mol. The summed E-state index contributed by atoms with van der Waals surface area (Å²) < 4.78 is 14.7. The van der Waals surface area contributed by atoms with Crippen LogP contribution in [0, 0.1) is 0 Å². The van der Waals surface area contributed by atoms with Crippen LogP contribution in [0.4, 0.5) is 10.1 Å². The number of rotatable bonds is 3. The molecule has 8 heteroatoms. The number of hydrogen-bond donors (Lipinski definition) is 3. The highest BCUT2D eigenvalue weighted by atomic mass is 79.9. The van der Waals surface area contributed by atoms with E-state index in [0.29, 0.717) is 10.2 Å². The summed E-state index contributed by atoms with van der Waals surface area (Å²) in [4.78, 5) is 27.3. The highest BCUT2D eigenvalue weighted by Crippen LogP contribution is 2.45. The zero-order valence-corrected chi connectivity index (χ0v) is 13.7. The topological polar surface area (TPSA) is 99.5 Å². The van der Waals surface area contributed by atoms with E-state index < -0.39 is 30.1 Å². The molecule has 3 N–H and O–H groups in total. The monoisotopic (exact) mass is 394 g/mol. The molecule has 0 spiro atoms. The first kappa shape index (κ1) is 16.5. The Bertz CT molecular complexity index is 827. The molecule has 0 fully saturated rings. The van der Waals surface area contributed by atoms with Gasteiger partial charge in [-0.2, -0.15) is 0 Å². The molecule has 3 rings (SSSR count). The van der Waals surface area contributed by atoms with Crippen LogP contribution in [0.1, 0.15) is 34.2 Å². The highest BCUT2D eigenvalue weighted by Gasteiger charge is 2.50. The summed E-state index contributed by atoms with van der Waals surface area (Å²) in [5.74, 6) is -1.91. The van der Waals surface area contributed by atoms with Crippen LogP contribution in [-0.2, 0) is 10.4 Å². The molecule has 124 valence electrons. The summed E-state index contributed by atoms with van der Waals surface area (Å²) in [6, 6.07) is 6.90. The minimum absolute atomic E-state index is 0.0159. The summed E-state index contributed by atoms with van der Waals surface area (Å²) in [5, 5.41) is 22.0. The molecule has 0 saturated heterocycles. The molecule has 6 nitrogen and oxygen atoms in total. The number of hydrogen-bond acceptors (Lipinski definition) is 4. The number of halogens is 2. The van der Waals surface area contributed by atoms with Gasteiger partial charge < -0.3 is 15.5 Å². The highest BCUT2D eigenvalue weighted by molar-refractivity contribution is 9.10. The average molecular weight is 395 g/mol. The van der Waals surface area contributed by atoms with Crippen molar-refractivity contribution in [2.24, 2.45) is 0 Å². The number of aromatic carboxylic acids is 1. The lowest BCUT2D eigenvalue weighted by Gasteiger charge is -2.21. The van der Waals surface area contributed by atoms with E-state index in [2.05, 4.69) is 26.2 Å². The smallest absolute Gasteiger partial charge is 0.335 e. The predicted molar refractivity (Wildman–Crippen MR) is 86.3 cm³/mol. The van der Waals surface area contributed by atoms with Crippen molar-refractivity contribution >= 4 is 33.5 Å². The van der Waals surface area contributed by atoms with Crippen molar-refractivity contribution in [3.63, 3.8) is 0 Å². The molecule has 0 aliphatic heterocycles. The molecular formula is C16H12BrFN2O4. The second-order valence-corrected chi connectivity index (χ2v) is 6.38. The number of carbonyl (C=O) groups is 2. The second kappa shape index (κ2) is 5.95. The lowest BCUT2D eigenvalue weighted by Crippen LogP contribution is -2.39. The van der Waals surface area contributed by atoms with Gasteiger partial charge in [0.1, 0.15) is 6.17 Å². The van der Waals surface area contributed by atoms with Gasteiger partial charge in [-0.3, -0.25) is 9.78 Å². The van der Waals surface area contributed by atoms with Gasteiger partial charge in [0.15, 0.2) is 5.60 Å². The maximum Gasteiger partial charge on any atom is 0.335 e. The van der Waals surface area contributed by atoms with Gasteiger partial charge in [0.25, 0.3) is 5.91 Å². The van der Waals surface area contributed by atoms with Crippen molar-refractivity contribution in [2.45, 2.75) is 18.2 Å². The summed E-state index contributed by atoms with van der Waals surface area (Å²) in [7, 11) is 0. The first-order chi connectivity index (χ1) is 11.3. The fourth-order valence-corrected chi connectivity index (χ4v) is 2.99. The number of aromatic nitrogens is 1. The van der Waals surface area contributed by atoms with Gasteiger partial charge in [-0.05, 0) is 46.3 Å². The van der Waals surface area contributed by atoms with Gasteiger partial charge in [0.2, 0.25) is 0 Å². The average Bonchev–Trinajstić information content (AvgIpc) is 2.79. The number of fused-ring (bicyclic) bond motifs is 1. The minimum atomic E-state index is -2.08. The number of carbonyl (C=O) groups excluding carboxylic acids is 1. The Labute approximate surface area is 144 Å². The van der Waals surface area contributed by atoms with Crippen molar-refractivity contribution < 1.29 is 24.2 Å². The number of carboxylic acid groups (broad SMARTS) is 1. The number of aliphatic hydroxyl groups is 1. The molecule has 1 aromatic carbocycles.